The summed E-state index contributed by atoms with van der Waals surface area (Å²) in [6.07, 6.45) is 4.25. The summed E-state index contributed by atoms with van der Waals surface area (Å²) in [7, 11) is 0. The number of thioether (sulfide) groups is 1. The van der Waals surface area contributed by atoms with E-state index in [0.29, 0.717) is 0 Å². The minimum Gasteiger partial charge on any atom is -0.465 e. The van der Waals surface area contributed by atoms with Gasteiger partial charge in [0.2, 0.25) is 0 Å². The molecule has 11 heavy (non-hydrogen) atoms. The van der Waals surface area contributed by atoms with Crippen molar-refractivity contribution in [1.29, 1.82) is 0 Å². The zero-order chi connectivity index (χ0) is 7.84. The van der Waals surface area contributed by atoms with Crippen molar-refractivity contribution in [2.45, 2.75) is 5.50 Å². The molecule has 0 aromatic heterocycles. The van der Waals surface area contributed by atoms with E-state index in [0.717, 1.165) is 0 Å². The Labute approximate surface area is 67.8 Å². The molecular formula is C6H6N2O2S. The van der Waals surface area contributed by atoms with Crippen LogP contribution >= 0.6 is 11.8 Å². The van der Waals surface area contributed by atoms with E-state index in [4.69, 9.17) is 5.11 Å². The fourth-order valence-corrected chi connectivity index (χ4v) is 1.96. The second-order valence-electron chi connectivity index (χ2n) is 2.18. The van der Waals surface area contributed by atoms with Crippen LogP contribution in [0, 0.1) is 0 Å². The number of hydrogen-bond acceptors (Lipinski definition) is 3. The molecule has 1 unspecified atom stereocenters. The molecule has 1 atom stereocenters. The number of rotatable bonds is 0. The summed E-state index contributed by atoms with van der Waals surface area (Å²) in [5.74, 6) is 0. The van der Waals surface area contributed by atoms with Gasteiger partial charge in [-0.3, -0.25) is 4.90 Å². The van der Waals surface area contributed by atoms with Crippen LogP contribution in [0.1, 0.15) is 0 Å². The largest absolute Gasteiger partial charge is 0.465 e. The second kappa shape index (κ2) is 2.20. The summed E-state index contributed by atoms with van der Waals surface area (Å²) < 4.78 is 0. The third-order valence-electron chi connectivity index (χ3n) is 1.55. The van der Waals surface area contributed by atoms with Crippen molar-refractivity contribution < 1.29 is 9.90 Å². The number of amides is 1. The van der Waals surface area contributed by atoms with Crippen molar-refractivity contribution in [3.8, 4) is 0 Å². The molecule has 0 aromatic carbocycles. The predicted molar refractivity (Wildman–Crippen MR) is 41.4 cm³/mol. The third-order valence-corrected chi connectivity index (χ3v) is 2.54. The summed E-state index contributed by atoms with van der Waals surface area (Å²) in [5.41, 5.74) is -0.104. The van der Waals surface area contributed by atoms with Crippen molar-refractivity contribution in [2.24, 2.45) is 0 Å². The Bertz CT molecular complexity index is 251. The smallest absolute Gasteiger partial charge is 0.413 e. The van der Waals surface area contributed by atoms with Crippen LogP contribution < -0.4 is 0 Å². The van der Waals surface area contributed by atoms with Crippen LogP contribution in [0.2, 0.25) is 0 Å². The molecule has 0 saturated heterocycles. The topological polar surface area (TPSA) is 43.8 Å². The van der Waals surface area contributed by atoms with Gasteiger partial charge in [-0.25, -0.2) is 4.79 Å². The van der Waals surface area contributed by atoms with Gasteiger partial charge in [0.05, 0.1) is 0 Å². The Morgan fingerprint density at radius 1 is 1.45 bits per heavy atom. The van der Waals surface area contributed by atoms with Gasteiger partial charge < -0.3 is 10.0 Å². The molecule has 2 heterocycles. The molecule has 0 fully saturated rings. The van der Waals surface area contributed by atoms with E-state index >= 15 is 0 Å². The number of carbonyl (C=O) groups is 1. The zero-order valence-corrected chi connectivity index (χ0v) is 6.36. The Balaban J connectivity index is 2.18. The summed E-state index contributed by atoms with van der Waals surface area (Å²) >= 11 is 1.48. The van der Waals surface area contributed by atoms with Crippen LogP contribution in [-0.2, 0) is 0 Å². The van der Waals surface area contributed by atoms with Crippen LogP contribution in [-0.4, -0.2) is 26.5 Å². The van der Waals surface area contributed by atoms with E-state index in [1.807, 2.05) is 16.5 Å². The molecule has 0 spiro atoms. The Morgan fingerprint density at radius 3 is 3.00 bits per heavy atom. The lowest BCUT2D eigenvalue weighted by Gasteiger charge is -2.20. The maximum Gasteiger partial charge on any atom is 0.413 e. The van der Waals surface area contributed by atoms with Crippen molar-refractivity contribution in [2.75, 3.05) is 0 Å². The molecule has 0 radical (unpaired) electrons. The first-order valence-electron chi connectivity index (χ1n) is 3.08. The van der Waals surface area contributed by atoms with E-state index in [-0.39, 0.29) is 5.50 Å². The molecule has 58 valence electrons. The fourth-order valence-electron chi connectivity index (χ4n) is 1.03. The number of hydrogen-bond donors (Lipinski definition) is 1. The van der Waals surface area contributed by atoms with Crippen molar-refractivity contribution in [1.82, 2.24) is 9.80 Å². The van der Waals surface area contributed by atoms with Gasteiger partial charge in [0.15, 0.2) is 5.50 Å². The van der Waals surface area contributed by atoms with E-state index in [9.17, 15) is 4.79 Å². The van der Waals surface area contributed by atoms with Gasteiger partial charge in [-0.1, -0.05) is 11.8 Å². The van der Waals surface area contributed by atoms with Crippen LogP contribution in [0.4, 0.5) is 4.79 Å². The average Bonchev–Trinajstić information content (AvgIpc) is 2.41. The fraction of sp³-hybridized carbons (Fsp3) is 0.167. The molecule has 1 N–H and O–H groups in total. The van der Waals surface area contributed by atoms with Crippen molar-refractivity contribution in [3.05, 3.63) is 24.0 Å². The molecule has 4 nitrogen and oxygen atoms in total. The van der Waals surface area contributed by atoms with Crippen LogP contribution in [0.15, 0.2) is 24.0 Å². The van der Waals surface area contributed by atoms with Crippen LogP contribution in [0.5, 0.6) is 0 Å². The lowest BCUT2D eigenvalue weighted by Crippen LogP contribution is -2.34. The highest BCUT2D eigenvalue weighted by Gasteiger charge is 2.31. The Hall–Kier alpha value is -1.10. The SMILES string of the molecule is O=C(O)N1C=CN2C=CSC21. The van der Waals surface area contributed by atoms with Crippen molar-refractivity contribution >= 4 is 17.9 Å². The van der Waals surface area contributed by atoms with Gasteiger partial charge in [-0.05, 0) is 5.41 Å². The van der Waals surface area contributed by atoms with E-state index < -0.39 is 6.09 Å². The molecule has 2 aliphatic heterocycles. The molecule has 0 bridgehead atoms. The highest BCUT2D eigenvalue weighted by atomic mass is 32.2. The highest BCUT2D eigenvalue weighted by Crippen LogP contribution is 2.32. The average molecular weight is 170 g/mol. The third kappa shape index (κ3) is 0.883. The summed E-state index contributed by atoms with van der Waals surface area (Å²) in [6, 6.07) is 0. The molecule has 1 amide bonds. The Morgan fingerprint density at radius 2 is 2.27 bits per heavy atom. The molecule has 0 aliphatic carbocycles. The lowest BCUT2D eigenvalue weighted by atomic mass is 10.8. The molecular weight excluding hydrogens is 164 g/mol. The zero-order valence-electron chi connectivity index (χ0n) is 5.54. The monoisotopic (exact) mass is 170 g/mol. The first-order valence-corrected chi connectivity index (χ1v) is 4.02. The van der Waals surface area contributed by atoms with Crippen molar-refractivity contribution in [3.63, 3.8) is 0 Å². The van der Waals surface area contributed by atoms with Crippen LogP contribution in [0.25, 0.3) is 0 Å². The quantitative estimate of drug-likeness (QED) is 0.594. The van der Waals surface area contributed by atoms with Gasteiger partial charge in [0, 0.05) is 18.6 Å². The minimum atomic E-state index is -0.912. The normalized spacial score (nSPS) is 26.4. The first kappa shape index (κ1) is 6.60. The summed E-state index contributed by atoms with van der Waals surface area (Å²) in [5, 5.41) is 10.5. The van der Waals surface area contributed by atoms with Gasteiger partial charge in [0.25, 0.3) is 0 Å². The second-order valence-corrected chi connectivity index (χ2v) is 3.15. The molecule has 2 rings (SSSR count). The predicted octanol–water partition coefficient (Wildman–Crippen LogP) is 1.25. The maximum absolute atomic E-state index is 10.6. The van der Waals surface area contributed by atoms with E-state index in [1.54, 1.807) is 12.4 Å². The molecule has 2 aliphatic rings. The molecule has 5 heteroatoms. The van der Waals surface area contributed by atoms with E-state index in [2.05, 4.69) is 0 Å². The standard InChI is InChI=1S/C6H6N2O2S/c9-6(10)8-2-1-7-3-4-11-5(7)8/h1-5H,(H,9,10). The number of fused-ring (bicyclic) bond motifs is 1. The summed E-state index contributed by atoms with van der Waals surface area (Å²) in [4.78, 5) is 13.7. The molecule has 0 saturated carbocycles. The summed E-state index contributed by atoms with van der Waals surface area (Å²) in [6.45, 7) is 0. The van der Waals surface area contributed by atoms with Gasteiger partial charge >= 0.3 is 6.09 Å². The Kier molecular flexibility index (Phi) is 1.32. The lowest BCUT2D eigenvalue weighted by molar-refractivity contribution is 0.153. The molecule has 0 aromatic rings. The maximum atomic E-state index is 10.6. The van der Waals surface area contributed by atoms with Crippen LogP contribution in [0.3, 0.4) is 0 Å². The van der Waals surface area contributed by atoms with Gasteiger partial charge in [0.1, 0.15) is 0 Å². The van der Waals surface area contributed by atoms with Gasteiger partial charge in [-0.15, -0.1) is 0 Å². The minimum absolute atomic E-state index is 0.104. The van der Waals surface area contributed by atoms with Gasteiger partial charge in [-0.2, -0.15) is 0 Å². The highest BCUT2D eigenvalue weighted by molar-refractivity contribution is 8.02. The number of nitrogens with zero attached hydrogens (tertiary/aromatic N) is 2. The van der Waals surface area contributed by atoms with E-state index in [1.165, 1.54) is 16.7 Å². The first-order chi connectivity index (χ1) is 5.29. The number of carboxylic acid groups (broad SMARTS) is 1.